The van der Waals surface area contributed by atoms with Crippen LogP contribution < -0.4 is 5.56 Å². The number of hydrogen-bond donors (Lipinski definition) is 0. The predicted molar refractivity (Wildman–Crippen MR) is 78.8 cm³/mol. The van der Waals surface area contributed by atoms with E-state index in [1.807, 2.05) is 13.0 Å². The van der Waals surface area contributed by atoms with Gasteiger partial charge in [-0.25, -0.2) is 4.68 Å². The number of ether oxygens (including phenoxy) is 1. The molecule has 0 aliphatic rings. The predicted octanol–water partition coefficient (Wildman–Crippen LogP) is 1.69. The van der Waals surface area contributed by atoms with E-state index in [9.17, 15) is 9.59 Å². The van der Waals surface area contributed by atoms with Crippen molar-refractivity contribution in [2.75, 3.05) is 6.61 Å². The summed E-state index contributed by atoms with van der Waals surface area (Å²) < 4.78 is 6.19. The minimum absolute atomic E-state index is 0.0902. The highest BCUT2D eigenvalue weighted by Crippen LogP contribution is 2.03. The summed E-state index contributed by atoms with van der Waals surface area (Å²) in [6.07, 6.45) is 4.71. The molecule has 2 aromatic rings. The van der Waals surface area contributed by atoms with E-state index < -0.39 is 0 Å². The van der Waals surface area contributed by atoms with E-state index in [1.165, 1.54) is 4.68 Å². The van der Waals surface area contributed by atoms with Crippen molar-refractivity contribution in [3.8, 4) is 0 Å². The number of fused-ring (bicyclic) bond motifs is 1. The summed E-state index contributed by atoms with van der Waals surface area (Å²) in [7, 11) is 0. The zero-order valence-corrected chi connectivity index (χ0v) is 11.9. The number of aromatic nitrogens is 3. The number of nitrogens with zero attached hydrogens (tertiary/aromatic N) is 3. The Kier molecular flexibility index (Phi) is 5.20. The zero-order valence-electron chi connectivity index (χ0n) is 11.9. The van der Waals surface area contributed by atoms with Crippen LogP contribution in [-0.4, -0.2) is 27.6 Å². The normalized spacial score (nSPS) is 11.1. The summed E-state index contributed by atoms with van der Waals surface area (Å²) in [6, 6.07) is 6.98. The molecular formula is C15H17N3O3. The van der Waals surface area contributed by atoms with Gasteiger partial charge in [-0.2, -0.15) is 0 Å². The van der Waals surface area contributed by atoms with Crippen LogP contribution in [0.25, 0.3) is 10.9 Å². The van der Waals surface area contributed by atoms with E-state index in [-0.39, 0.29) is 31.1 Å². The Morgan fingerprint density at radius 1 is 1.33 bits per heavy atom. The molecule has 0 N–H and O–H groups in total. The van der Waals surface area contributed by atoms with E-state index in [0.717, 1.165) is 6.42 Å². The van der Waals surface area contributed by atoms with Crippen molar-refractivity contribution < 1.29 is 9.53 Å². The van der Waals surface area contributed by atoms with Gasteiger partial charge in [0.1, 0.15) is 12.1 Å². The van der Waals surface area contributed by atoms with Crippen molar-refractivity contribution in [2.24, 2.45) is 0 Å². The zero-order chi connectivity index (χ0) is 15.1. The monoisotopic (exact) mass is 287 g/mol. The van der Waals surface area contributed by atoms with Gasteiger partial charge in [-0.15, -0.1) is 5.10 Å². The highest BCUT2D eigenvalue weighted by molar-refractivity contribution is 5.76. The molecule has 0 fully saturated rings. The molecular weight excluding hydrogens is 270 g/mol. The summed E-state index contributed by atoms with van der Waals surface area (Å²) in [6.45, 7) is 2.42. The molecule has 0 radical (unpaired) electrons. The third kappa shape index (κ3) is 3.98. The number of allylic oxidation sites excluding steroid dienone is 1. The first kappa shape index (κ1) is 14.9. The molecule has 110 valence electrons. The Bertz CT molecular complexity index is 707. The van der Waals surface area contributed by atoms with Gasteiger partial charge in [-0.1, -0.05) is 36.4 Å². The van der Waals surface area contributed by atoms with E-state index >= 15 is 0 Å². The minimum atomic E-state index is -0.363. The summed E-state index contributed by atoms with van der Waals surface area (Å²) in [5.41, 5.74) is 0.297. The maximum absolute atomic E-state index is 12.1. The van der Waals surface area contributed by atoms with Crippen molar-refractivity contribution in [1.82, 2.24) is 15.0 Å². The molecule has 2 rings (SSSR count). The SMILES string of the molecule is CCC=CCOC(=O)CCn1nnc2ccccc2c1=O. The summed E-state index contributed by atoms with van der Waals surface area (Å²) in [5.74, 6) is -0.363. The molecule has 1 aromatic heterocycles. The Labute approximate surface area is 122 Å². The first-order valence-corrected chi connectivity index (χ1v) is 6.85. The Morgan fingerprint density at radius 2 is 2.14 bits per heavy atom. The summed E-state index contributed by atoms with van der Waals surface area (Å²) in [5, 5.41) is 8.27. The largest absolute Gasteiger partial charge is 0.461 e. The molecule has 0 atom stereocenters. The summed E-state index contributed by atoms with van der Waals surface area (Å²) in [4.78, 5) is 23.7. The lowest BCUT2D eigenvalue weighted by molar-refractivity contribution is -0.142. The minimum Gasteiger partial charge on any atom is -0.461 e. The summed E-state index contributed by atoms with van der Waals surface area (Å²) >= 11 is 0. The molecule has 0 bridgehead atoms. The quantitative estimate of drug-likeness (QED) is 0.597. The first-order chi connectivity index (χ1) is 10.2. The Hall–Kier alpha value is -2.50. The van der Waals surface area contributed by atoms with Gasteiger partial charge in [0.05, 0.1) is 18.4 Å². The van der Waals surface area contributed by atoms with Crippen LogP contribution in [0.4, 0.5) is 0 Å². The van der Waals surface area contributed by atoms with Crippen LogP contribution in [0.2, 0.25) is 0 Å². The number of aryl methyl sites for hydroxylation is 1. The highest BCUT2D eigenvalue weighted by atomic mass is 16.5. The molecule has 0 saturated heterocycles. The molecule has 0 amide bonds. The number of rotatable bonds is 6. The Morgan fingerprint density at radius 3 is 2.95 bits per heavy atom. The molecule has 0 spiro atoms. The second kappa shape index (κ2) is 7.33. The third-order valence-electron chi connectivity index (χ3n) is 2.90. The topological polar surface area (TPSA) is 74.1 Å². The van der Waals surface area contributed by atoms with Gasteiger partial charge in [0.2, 0.25) is 0 Å². The fraction of sp³-hybridized carbons (Fsp3) is 0.333. The van der Waals surface area contributed by atoms with Crippen molar-refractivity contribution >= 4 is 16.9 Å². The van der Waals surface area contributed by atoms with Gasteiger partial charge in [0.25, 0.3) is 5.56 Å². The fourth-order valence-corrected chi connectivity index (χ4v) is 1.81. The molecule has 21 heavy (non-hydrogen) atoms. The van der Waals surface area contributed by atoms with Crippen LogP contribution in [0.1, 0.15) is 19.8 Å². The van der Waals surface area contributed by atoms with Crippen molar-refractivity contribution in [2.45, 2.75) is 26.3 Å². The molecule has 0 unspecified atom stereocenters. The van der Waals surface area contributed by atoms with Gasteiger partial charge >= 0.3 is 5.97 Å². The maximum atomic E-state index is 12.1. The van der Waals surface area contributed by atoms with Crippen LogP contribution in [0.3, 0.4) is 0 Å². The number of carbonyl (C=O) groups excluding carboxylic acids is 1. The lowest BCUT2D eigenvalue weighted by atomic mass is 10.2. The van der Waals surface area contributed by atoms with Crippen molar-refractivity contribution in [1.29, 1.82) is 0 Å². The molecule has 6 heteroatoms. The fourth-order valence-electron chi connectivity index (χ4n) is 1.81. The van der Waals surface area contributed by atoms with Gasteiger partial charge in [0, 0.05) is 0 Å². The van der Waals surface area contributed by atoms with E-state index in [2.05, 4.69) is 10.3 Å². The van der Waals surface area contributed by atoms with Gasteiger partial charge in [-0.3, -0.25) is 9.59 Å². The van der Waals surface area contributed by atoms with E-state index in [0.29, 0.717) is 10.9 Å². The van der Waals surface area contributed by atoms with Crippen molar-refractivity contribution in [3.63, 3.8) is 0 Å². The van der Waals surface area contributed by atoms with Crippen LogP contribution >= 0.6 is 0 Å². The van der Waals surface area contributed by atoms with Gasteiger partial charge in [-0.05, 0) is 18.6 Å². The average molecular weight is 287 g/mol. The molecule has 0 aliphatic carbocycles. The van der Waals surface area contributed by atoms with Gasteiger partial charge < -0.3 is 4.74 Å². The van der Waals surface area contributed by atoms with Crippen LogP contribution in [-0.2, 0) is 16.1 Å². The molecule has 0 aliphatic heterocycles. The highest BCUT2D eigenvalue weighted by Gasteiger charge is 2.07. The van der Waals surface area contributed by atoms with E-state index in [4.69, 9.17) is 4.74 Å². The number of carbonyl (C=O) groups is 1. The maximum Gasteiger partial charge on any atom is 0.307 e. The smallest absolute Gasteiger partial charge is 0.307 e. The number of benzene rings is 1. The Balaban J connectivity index is 1.97. The van der Waals surface area contributed by atoms with Gasteiger partial charge in [0.15, 0.2) is 0 Å². The van der Waals surface area contributed by atoms with E-state index in [1.54, 1.807) is 30.3 Å². The van der Waals surface area contributed by atoms with Crippen LogP contribution in [0.5, 0.6) is 0 Å². The second-order valence-corrected chi connectivity index (χ2v) is 4.45. The lowest BCUT2D eigenvalue weighted by Crippen LogP contribution is -2.25. The standard InChI is InChI=1S/C15H17N3O3/c1-2-3-6-11-21-14(19)9-10-18-15(20)12-7-4-5-8-13(12)16-17-18/h3-8H,2,9-11H2,1H3. The van der Waals surface area contributed by atoms with Crippen molar-refractivity contribution in [3.05, 3.63) is 46.8 Å². The molecule has 1 heterocycles. The number of hydrogen-bond acceptors (Lipinski definition) is 5. The first-order valence-electron chi connectivity index (χ1n) is 6.85. The average Bonchev–Trinajstić information content (AvgIpc) is 2.51. The molecule has 1 aromatic carbocycles. The third-order valence-corrected chi connectivity index (χ3v) is 2.90. The number of esters is 1. The molecule has 0 saturated carbocycles. The lowest BCUT2D eigenvalue weighted by Gasteiger charge is -2.04. The molecule has 6 nitrogen and oxygen atoms in total. The second-order valence-electron chi connectivity index (χ2n) is 4.45. The van der Waals surface area contributed by atoms with Crippen LogP contribution in [0, 0.1) is 0 Å². The van der Waals surface area contributed by atoms with Crippen LogP contribution in [0.15, 0.2) is 41.2 Å².